The first-order chi connectivity index (χ1) is 12.2. The number of aliphatic hydroxyl groups is 1. The molecule has 1 rings (SSSR count). The average Bonchev–Trinajstić information content (AvgIpc) is 2.54. The maximum Gasteiger partial charge on any atom is 0.343 e. The summed E-state index contributed by atoms with van der Waals surface area (Å²) >= 11 is 12.2. The van der Waals surface area contributed by atoms with E-state index in [0.29, 0.717) is 6.42 Å². The molecule has 0 atom stereocenters. The Bertz CT molecular complexity index is 737. The molecule has 0 fully saturated rings. The van der Waals surface area contributed by atoms with E-state index < -0.39 is 11.9 Å². The van der Waals surface area contributed by atoms with Crippen molar-refractivity contribution in [1.82, 2.24) is 0 Å². The van der Waals surface area contributed by atoms with E-state index >= 15 is 0 Å². The monoisotopic (exact) mass is 401 g/mol. The van der Waals surface area contributed by atoms with Crippen molar-refractivity contribution in [2.75, 3.05) is 6.61 Å². The van der Waals surface area contributed by atoms with E-state index in [0.717, 1.165) is 6.21 Å². The molecular formula is C18H21Cl2NO5. The van der Waals surface area contributed by atoms with Gasteiger partial charge in [-0.15, -0.1) is 0 Å². The number of carbonyl (C=O) groups is 2. The van der Waals surface area contributed by atoms with E-state index in [-0.39, 0.29) is 45.3 Å². The Morgan fingerprint density at radius 3 is 2.50 bits per heavy atom. The minimum atomic E-state index is -0.715. The molecular weight excluding hydrogens is 381 g/mol. The quantitative estimate of drug-likeness (QED) is 0.299. The lowest BCUT2D eigenvalue weighted by Crippen LogP contribution is -2.12. The van der Waals surface area contributed by atoms with Crippen LogP contribution in [-0.4, -0.2) is 36.0 Å². The summed E-state index contributed by atoms with van der Waals surface area (Å²) in [4.78, 5) is 28.1. The Kier molecular flexibility index (Phi) is 8.61. The summed E-state index contributed by atoms with van der Waals surface area (Å²) in [5, 5.41) is 9.92. The fraction of sp³-hybridized carbons (Fsp3) is 0.389. The molecule has 0 aromatic heterocycles. The summed E-state index contributed by atoms with van der Waals surface area (Å²) in [6, 6.07) is 2.80. The molecule has 1 N–H and O–H groups in total. The third kappa shape index (κ3) is 6.35. The zero-order valence-corrected chi connectivity index (χ0v) is 16.5. The summed E-state index contributed by atoms with van der Waals surface area (Å²) in [5.41, 5.74) is 0.0811. The molecule has 0 aliphatic rings. The van der Waals surface area contributed by atoms with E-state index in [2.05, 4.69) is 4.99 Å². The highest BCUT2D eigenvalue weighted by Gasteiger charge is 2.18. The zero-order chi connectivity index (χ0) is 19.9. The highest BCUT2D eigenvalue weighted by Crippen LogP contribution is 2.33. The number of esters is 2. The number of aliphatic hydroxyl groups excluding tert-OH is 1. The van der Waals surface area contributed by atoms with Gasteiger partial charge in [0.25, 0.3) is 0 Å². The second-order valence-corrected chi connectivity index (χ2v) is 6.45. The van der Waals surface area contributed by atoms with Gasteiger partial charge in [0.05, 0.1) is 29.0 Å². The van der Waals surface area contributed by atoms with Crippen LogP contribution in [0.2, 0.25) is 10.0 Å². The Hall–Kier alpha value is -2.05. The van der Waals surface area contributed by atoms with Crippen molar-refractivity contribution < 1.29 is 24.2 Å². The molecule has 1 aromatic rings. The van der Waals surface area contributed by atoms with Gasteiger partial charge in [0.2, 0.25) is 0 Å². The number of benzene rings is 1. The van der Waals surface area contributed by atoms with Crippen LogP contribution in [-0.2, 0) is 14.3 Å². The zero-order valence-electron chi connectivity index (χ0n) is 15.0. The standard InChI is InChI=1S/C18H21Cl2NO5/c1-5-6-25-17(23)14(11(4)22)9-21-15-8-12(19)7-13(16(15)20)18(24)26-10(2)3/h7-10,22H,5-6H2,1-4H3. The molecule has 0 bridgehead atoms. The van der Waals surface area contributed by atoms with Gasteiger partial charge in [-0.2, -0.15) is 0 Å². The molecule has 0 saturated carbocycles. The summed E-state index contributed by atoms with van der Waals surface area (Å²) in [5.74, 6) is -1.61. The van der Waals surface area contributed by atoms with Gasteiger partial charge in [-0.25, -0.2) is 9.59 Å². The number of hydrogen-bond acceptors (Lipinski definition) is 6. The van der Waals surface area contributed by atoms with Gasteiger partial charge in [0.1, 0.15) is 11.3 Å². The van der Waals surface area contributed by atoms with Gasteiger partial charge in [-0.3, -0.25) is 4.99 Å². The molecule has 0 unspecified atom stereocenters. The second kappa shape index (κ2) is 10.2. The highest BCUT2D eigenvalue weighted by molar-refractivity contribution is 6.38. The number of hydrogen-bond donors (Lipinski definition) is 1. The average molecular weight is 402 g/mol. The van der Waals surface area contributed by atoms with Crippen molar-refractivity contribution in [2.24, 2.45) is 4.99 Å². The Morgan fingerprint density at radius 2 is 1.96 bits per heavy atom. The van der Waals surface area contributed by atoms with Gasteiger partial charge in [-0.05, 0) is 39.3 Å². The van der Waals surface area contributed by atoms with Crippen molar-refractivity contribution in [3.8, 4) is 0 Å². The van der Waals surface area contributed by atoms with E-state index in [1.54, 1.807) is 13.8 Å². The fourth-order valence-electron chi connectivity index (χ4n) is 1.80. The highest BCUT2D eigenvalue weighted by atomic mass is 35.5. The van der Waals surface area contributed by atoms with E-state index in [1.807, 2.05) is 6.92 Å². The largest absolute Gasteiger partial charge is 0.512 e. The minimum absolute atomic E-state index is 0.0215. The van der Waals surface area contributed by atoms with Crippen LogP contribution in [0.4, 0.5) is 5.69 Å². The first kappa shape index (κ1) is 22.0. The molecule has 0 amide bonds. The van der Waals surface area contributed by atoms with Gasteiger partial charge < -0.3 is 14.6 Å². The number of aliphatic imine (C=N–C) groups is 1. The van der Waals surface area contributed by atoms with Gasteiger partial charge >= 0.3 is 11.9 Å². The first-order valence-corrected chi connectivity index (χ1v) is 8.74. The van der Waals surface area contributed by atoms with Gasteiger partial charge in [-0.1, -0.05) is 30.1 Å². The molecule has 26 heavy (non-hydrogen) atoms. The van der Waals surface area contributed by atoms with Crippen LogP contribution in [0.5, 0.6) is 0 Å². The van der Waals surface area contributed by atoms with E-state index in [1.165, 1.54) is 19.1 Å². The lowest BCUT2D eigenvalue weighted by Gasteiger charge is -2.11. The van der Waals surface area contributed by atoms with Crippen LogP contribution < -0.4 is 0 Å². The summed E-state index contributed by atoms with van der Waals surface area (Å²) < 4.78 is 10.1. The van der Waals surface area contributed by atoms with Crippen molar-refractivity contribution in [3.63, 3.8) is 0 Å². The SMILES string of the molecule is CCCOC(=O)C(C=Nc1cc(Cl)cc(C(=O)OC(C)C)c1Cl)=C(C)O. The molecule has 0 saturated heterocycles. The number of allylic oxidation sites excluding steroid dienone is 1. The van der Waals surface area contributed by atoms with Gasteiger partial charge in [0.15, 0.2) is 0 Å². The maximum atomic E-state index is 12.1. The smallest absolute Gasteiger partial charge is 0.343 e. The molecule has 0 heterocycles. The van der Waals surface area contributed by atoms with E-state index in [9.17, 15) is 14.7 Å². The number of rotatable bonds is 7. The summed E-state index contributed by atoms with van der Waals surface area (Å²) in [6.45, 7) is 6.81. The van der Waals surface area contributed by atoms with Crippen LogP contribution in [0.3, 0.4) is 0 Å². The molecule has 8 heteroatoms. The summed E-state index contributed by atoms with van der Waals surface area (Å²) in [6.07, 6.45) is 1.43. The molecule has 1 aromatic carbocycles. The Morgan fingerprint density at radius 1 is 1.31 bits per heavy atom. The Labute approximate surface area is 162 Å². The van der Waals surface area contributed by atoms with Crippen LogP contribution in [0.15, 0.2) is 28.5 Å². The van der Waals surface area contributed by atoms with Crippen LogP contribution in [0, 0.1) is 0 Å². The van der Waals surface area contributed by atoms with Crippen molar-refractivity contribution >= 4 is 47.0 Å². The summed E-state index contributed by atoms with van der Waals surface area (Å²) in [7, 11) is 0. The van der Waals surface area contributed by atoms with E-state index in [4.69, 9.17) is 32.7 Å². The normalized spacial score (nSPS) is 12.3. The number of halogens is 2. The molecule has 0 radical (unpaired) electrons. The fourth-order valence-corrected chi connectivity index (χ4v) is 2.24. The van der Waals surface area contributed by atoms with Gasteiger partial charge in [0, 0.05) is 11.2 Å². The number of carbonyl (C=O) groups excluding carboxylic acids is 2. The van der Waals surface area contributed by atoms with Crippen LogP contribution in [0.1, 0.15) is 44.5 Å². The lowest BCUT2D eigenvalue weighted by atomic mass is 10.2. The first-order valence-electron chi connectivity index (χ1n) is 7.98. The molecule has 0 aliphatic carbocycles. The Balaban J connectivity index is 3.21. The molecule has 6 nitrogen and oxygen atoms in total. The predicted octanol–water partition coefficient (Wildman–Crippen LogP) is 5.05. The predicted molar refractivity (Wildman–Crippen MR) is 102 cm³/mol. The third-order valence-corrected chi connectivity index (χ3v) is 3.58. The lowest BCUT2D eigenvalue weighted by molar-refractivity contribution is -0.138. The third-order valence-electron chi connectivity index (χ3n) is 2.96. The molecule has 0 aliphatic heterocycles. The van der Waals surface area contributed by atoms with Crippen molar-refractivity contribution in [1.29, 1.82) is 0 Å². The molecule has 0 spiro atoms. The van der Waals surface area contributed by atoms with Crippen molar-refractivity contribution in [3.05, 3.63) is 39.1 Å². The number of ether oxygens (including phenoxy) is 2. The van der Waals surface area contributed by atoms with Crippen molar-refractivity contribution in [2.45, 2.75) is 40.2 Å². The van der Waals surface area contributed by atoms with Crippen LogP contribution in [0.25, 0.3) is 0 Å². The number of nitrogens with zero attached hydrogens (tertiary/aromatic N) is 1. The van der Waals surface area contributed by atoms with Crippen LogP contribution >= 0.6 is 23.2 Å². The molecule has 142 valence electrons. The maximum absolute atomic E-state index is 12.1. The topological polar surface area (TPSA) is 85.2 Å². The minimum Gasteiger partial charge on any atom is -0.512 e. The second-order valence-electron chi connectivity index (χ2n) is 5.63.